The van der Waals surface area contributed by atoms with Crippen LogP contribution in [-0.4, -0.2) is 51.7 Å². The van der Waals surface area contributed by atoms with Crippen LogP contribution >= 0.6 is 0 Å². The third-order valence-electron chi connectivity index (χ3n) is 5.40. The first-order chi connectivity index (χ1) is 14.8. The minimum absolute atomic E-state index is 0.00809. The lowest BCUT2D eigenvalue weighted by Gasteiger charge is -2.27. The van der Waals surface area contributed by atoms with E-state index < -0.39 is 0 Å². The van der Waals surface area contributed by atoms with Crippen molar-refractivity contribution in [2.24, 2.45) is 12.5 Å². The fourth-order valence-electron chi connectivity index (χ4n) is 3.86. The highest BCUT2D eigenvalue weighted by molar-refractivity contribution is 5.71. The molecule has 7 heteroatoms. The maximum absolute atomic E-state index is 12.7. The van der Waals surface area contributed by atoms with Crippen molar-refractivity contribution < 1.29 is 0 Å². The Bertz CT molecular complexity index is 1050. The first-order valence-electron chi connectivity index (χ1n) is 11.0. The van der Waals surface area contributed by atoms with Crippen molar-refractivity contribution in [2.75, 3.05) is 32.7 Å². The van der Waals surface area contributed by atoms with Gasteiger partial charge in [0.25, 0.3) is 0 Å². The second-order valence-electron chi connectivity index (χ2n) is 9.41. The average Bonchev–Trinajstić information content (AvgIpc) is 2.96. The molecule has 1 aliphatic rings. The molecule has 0 amide bonds. The highest BCUT2D eigenvalue weighted by Gasteiger charge is 2.18. The lowest BCUT2D eigenvalue weighted by atomic mass is 9.97. The zero-order valence-electron chi connectivity index (χ0n) is 19.2. The van der Waals surface area contributed by atoms with E-state index in [1.165, 1.54) is 5.57 Å². The van der Waals surface area contributed by atoms with Gasteiger partial charge in [-0.15, -0.1) is 0 Å². The van der Waals surface area contributed by atoms with E-state index in [1.54, 1.807) is 11.6 Å². The Morgan fingerprint density at radius 3 is 2.71 bits per heavy atom. The van der Waals surface area contributed by atoms with E-state index in [0.717, 1.165) is 49.6 Å². The number of hydrogen-bond acceptors (Lipinski definition) is 5. The van der Waals surface area contributed by atoms with Crippen molar-refractivity contribution in [3.05, 3.63) is 52.1 Å². The Morgan fingerprint density at radius 1 is 1.29 bits per heavy atom. The summed E-state index contributed by atoms with van der Waals surface area (Å²) in [4.78, 5) is 20.0. The summed E-state index contributed by atoms with van der Waals surface area (Å²) >= 11 is 0. The molecule has 0 atom stereocenters. The number of allylic oxidation sites excluding steroid dienone is 2. The summed E-state index contributed by atoms with van der Waals surface area (Å²) in [6.07, 6.45) is 7.26. The number of aromatic nitrogens is 3. The molecule has 31 heavy (non-hydrogen) atoms. The molecular formula is C24H34N6O. The van der Waals surface area contributed by atoms with Gasteiger partial charge >= 0.3 is 5.69 Å². The summed E-state index contributed by atoms with van der Waals surface area (Å²) < 4.78 is 3.46. The normalized spacial score (nSPS) is 16.3. The van der Waals surface area contributed by atoms with Crippen LogP contribution in [0, 0.1) is 16.7 Å². The lowest BCUT2D eigenvalue weighted by Crippen LogP contribution is -2.44. The van der Waals surface area contributed by atoms with E-state index in [0.29, 0.717) is 19.4 Å². The van der Waals surface area contributed by atoms with Gasteiger partial charge in [-0.05, 0) is 23.1 Å². The van der Waals surface area contributed by atoms with Gasteiger partial charge < -0.3 is 5.32 Å². The number of nitrogens with one attached hydrogen (secondary N) is 1. The molecule has 1 N–H and O–H groups in total. The molecule has 1 aliphatic heterocycles. The molecule has 0 aromatic carbocycles. The van der Waals surface area contributed by atoms with Crippen LogP contribution in [0.4, 0.5) is 0 Å². The summed E-state index contributed by atoms with van der Waals surface area (Å²) in [6.45, 7) is 12.0. The van der Waals surface area contributed by atoms with Gasteiger partial charge in [0.1, 0.15) is 0 Å². The van der Waals surface area contributed by atoms with Gasteiger partial charge in [-0.3, -0.25) is 14.0 Å². The highest BCUT2D eigenvalue weighted by atomic mass is 16.1. The minimum Gasteiger partial charge on any atom is -0.314 e. The van der Waals surface area contributed by atoms with Gasteiger partial charge in [0, 0.05) is 58.4 Å². The summed E-state index contributed by atoms with van der Waals surface area (Å²) in [5.41, 5.74) is 3.72. The van der Waals surface area contributed by atoms with Crippen LogP contribution in [-0.2, 0) is 20.0 Å². The number of rotatable bonds is 7. The predicted octanol–water partition coefficient (Wildman–Crippen LogP) is 2.63. The zero-order chi connectivity index (χ0) is 22.4. The fraction of sp³-hybridized carbons (Fsp3) is 0.542. The fourth-order valence-corrected chi connectivity index (χ4v) is 3.86. The van der Waals surface area contributed by atoms with Crippen molar-refractivity contribution in [3.8, 4) is 6.07 Å². The summed E-state index contributed by atoms with van der Waals surface area (Å²) in [5, 5.41) is 12.2. The third-order valence-corrected chi connectivity index (χ3v) is 5.40. The average molecular weight is 423 g/mol. The lowest BCUT2D eigenvalue weighted by molar-refractivity contribution is 0.261. The van der Waals surface area contributed by atoms with E-state index in [4.69, 9.17) is 10.2 Å². The Morgan fingerprint density at radius 2 is 2.03 bits per heavy atom. The van der Waals surface area contributed by atoms with Crippen LogP contribution in [0.15, 0.2) is 40.7 Å². The first kappa shape index (κ1) is 23.0. The molecule has 0 bridgehead atoms. The number of piperazine rings is 1. The molecule has 0 saturated carbocycles. The molecule has 3 heterocycles. The van der Waals surface area contributed by atoms with E-state index >= 15 is 0 Å². The zero-order valence-corrected chi connectivity index (χ0v) is 19.2. The molecule has 1 saturated heterocycles. The number of hydrogen-bond donors (Lipinski definition) is 1. The molecule has 3 rings (SSSR count). The Hall–Kier alpha value is -2.69. The molecule has 0 spiro atoms. The molecule has 2 aromatic rings. The molecule has 0 unspecified atom stereocenters. The third kappa shape index (κ3) is 6.16. The van der Waals surface area contributed by atoms with Crippen LogP contribution in [0.3, 0.4) is 0 Å². The molecule has 2 aromatic heterocycles. The van der Waals surface area contributed by atoms with Crippen LogP contribution in [0.1, 0.15) is 32.9 Å². The monoisotopic (exact) mass is 422 g/mol. The SMILES string of the molecule is Cn1c(=O)n(CC(C)(C)C)c2ccc(C/C=C(\C=C/CC#N)CN3CCNCC3)nc21. The number of nitriles is 1. The second-order valence-corrected chi connectivity index (χ2v) is 9.41. The maximum Gasteiger partial charge on any atom is 0.330 e. The van der Waals surface area contributed by atoms with Gasteiger partial charge in [-0.1, -0.05) is 39.0 Å². The summed E-state index contributed by atoms with van der Waals surface area (Å²) in [7, 11) is 1.79. The Kier molecular flexibility index (Phi) is 7.47. The smallest absolute Gasteiger partial charge is 0.314 e. The number of imidazole rings is 1. The Balaban J connectivity index is 1.84. The van der Waals surface area contributed by atoms with Gasteiger partial charge in [0.05, 0.1) is 18.0 Å². The van der Waals surface area contributed by atoms with Crippen LogP contribution < -0.4 is 11.0 Å². The number of nitrogens with zero attached hydrogens (tertiary/aromatic N) is 5. The van der Waals surface area contributed by atoms with Crippen LogP contribution in [0.25, 0.3) is 11.2 Å². The van der Waals surface area contributed by atoms with Crippen molar-refractivity contribution >= 4 is 11.2 Å². The first-order valence-corrected chi connectivity index (χ1v) is 11.0. The molecule has 7 nitrogen and oxygen atoms in total. The van der Waals surface area contributed by atoms with Crippen molar-refractivity contribution in [3.63, 3.8) is 0 Å². The standard InChI is InChI=1S/C24H34N6O/c1-24(2,3)18-30-21-11-10-20(27-22(21)28(4)23(30)31)9-8-19(7-5-6-12-25)17-29-15-13-26-14-16-29/h5,7-8,10-11,26H,6,9,13-18H2,1-4H3/b7-5-,19-8+. The number of aryl methyl sites for hydroxylation is 1. The maximum atomic E-state index is 12.7. The molecule has 1 fully saturated rings. The summed E-state index contributed by atoms with van der Waals surface area (Å²) in [6, 6.07) is 6.19. The van der Waals surface area contributed by atoms with E-state index in [-0.39, 0.29) is 11.1 Å². The van der Waals surface area contributed by atoms with Crippen LogP contribution in [0.2, 0.25) is 0 Å². The molecule has 166 valence electrons. The minimum atomic E-state index is -0.0241. The molecule has 0 radical (unpaired) electrons. The van der Waals surface area contributed by atoms with Gasteiger partial charge in [0.15, 0.2) is 5.65 Å². The second kappa shape index (κ2) is 10.1. The van der Waals surface area contributed by atoms with Gasteiger partial charge in [-0.25, -0.2) is 9.78 Å². The molecular weight excluding hydrogens is 388 g/mol. The Labute approximate surface area is 184 Å². The predicted molar refractivity (Wildman–Crippen MR) is 125 cm³/mol. The number of fused-ring (bicyclic) bond motifs is 1. The van der Waals surface area contributed by atoms with Crippen molar-refractivity contribution in [1.29, 1.82) is 5.26 Å². The van der Waals surface area contributed by atoms with Crippen molar-refractivity contribution in [1.82, 2.24) is 24.3 Å². The van der Waals surface area contributed by atoms with E-state index in [2.05, 4.69) is 49.2 Å². The van der Waals surface area contributed by atoms with Crippen LogP contribution in [0.5, 0.6) is 0 Å². The topological polar surface area (TPSA) is 78.9 Å². The number of pyridine rings is 1. The largest absolute Gasteiger partial charge is 0.330 e. The quantitative estimate of drug-likeness (QED) is 0.694. The highest BCUT2D eigenvalue weighted by Crippen LogP contribution is 2.20. The molecule has 0 aliphatic carbocycles. The van der Waals surface area contributed by atoms with Gasteiger partial charge in [-0.2, -0.15) is 5.26 Å². The van der Waals surface area contributed by atoms with E-state index in [9.17, 15) is 4.79 Å². The summed E-state index contributed by atoms with van der Waals surface area (Å²) in [5.74, 6) is 0. The van der Waals surface area contributed by atoms with Gasteiger partial charge in [0.2, 0.25) is 0 Å². The van der Waals surface area contributed by atoms with E-state index in [1.807, 2.05) is 22.8 Å². The van der Waals surface area contributed by atoms with Crippen molar-refractivity contribution in [2.45, 2.75) is 40.2 Å².